The van der Waals surface area contributed by atoms with Crippen LogP contribution in [0.15, 0.2) is 35.3 Å². The number of hydrogen-bond acceptors (Lipinski definition) is 5. The number of hydrogen-bond donors (Lipinski definition) is 1. The highest BCUT2D eigenvalue weighted by Gasteiger charge is 2.29. The fourth-order valence-electron chi connectivity index (χ4n) is 3.45. The Morgan fingerprint density at radius 1 is 1.27 bits per heavy atom. The molecule has 136 valence electrons. The van der Waals surface area contributed by atoms with Crippen LogP contribution in [-0.2, 0) is 0 Å². The van der Waals surface area contributed by atoms with E-state index in [0.29, 0.717) is 35.8 Å². The van der Waals surface area contributed by atoms with Crippen molar-refractivity contribution in [3.05, 3.63) is 51.9 Å². The maximum absolute atomic E-state index is 13.0. The zero-order chi connectivity index (χ0) is 18.3. The first-order valence-electron chi connectivity index (χ1n) is 8.61. The van der Waals surface area contributed by atoms with E-state index in [1.54, 1.807) is 42.3 Å². The van der Waals surface area contributed by atoms with Gasteiger partial charge in [-0.25, -0.2) is 0 Å². The summed E-state index contributed by atoms with van der Waals surface area (Å²) >= 11 is 0. The van der Waals surface area contributed by atoms with Gasteiger partial charge in [-0.1, -0.05) is 0 Å². The average molecular weight is 356 g/mol. The summed E-state index contributed by atoms with van der Waals surface area (Å²) in [5.74, 6) is 1.02. The second-order valence-corrected chi connectivity index (χ2v) is 6.67. The number of fused-ring (bicyclic) bond motifs is 1. The Morgan fingerprint density at radius 3 is 2.85 bits per heavy atom. The number of likely N-dealkylation sites (tertiary alicyclic amines) is 1. The third-order valence-electron chi connectivity index (χ3n) is 4.98. The van der Waals surface area contributed by atoms with Crippen molar-refractivity contribution in [2.45, 2.75) is 13.3 Å². The number of benzene rings is 1. The summed E-state index contributed by atoms with van der Waals surface area (Å²) in [5.41, 5.74) is 1.07. The quantitative estimate of drug-likeness (QED) is 0.897. The van der Waals surface area contributed by atoms with Gasteiger partial charge >= 0.3 is 0 Å². The maximum Gasteiger partial charge on any atom is 0.268 e. The summed E-state index contributed by atoms with van der Waals surface area (Å²) in [5, 5.41) is 9.29. The molecule has 2 aliphatic heterocycles. The van der Waals surface area contributed by atoms with Crippen LogP contribution in [0, 0.1) is 12.8 Å². The SMILES string of the molecule is Cc1ccn(-c2ccc3c(c2)OCO3)c(=O)c1C(=O)N1CCC(CO)C1. The van der Waals surface area contributed by atoms with Crippen LogP contribution in [0.4, 0.5) is 0 Å². The Morgan fingerprint density at radius 2 is 2.08 bits per heavy atom. The minimum absolute atomic E-state index is 0.0545. The van der Waals surface area contributed by atoms with Gasteiger partial charge < -0.3 is 19.5 Å². The van der Waals surface area contributed by atoms with Crippen molar-refractivity contribution < 1.29 is 19.4 Å². The molecule has 1 unspecified atom stereocenters. The van der Waals surface area contributed by atoms with E-state index in [0.717, 1.165) is 6.42 Å². The molecule has 1 aromatic heterocycles. The first-order valence-corrected chi connectivity index (χ1v) is 8.61. The van der Waals surface area contributed by atoms with Gasteiger partial charge in [-0.2, -0.15) is 0 Å². The van der Waals surface area contributed by atoms with Crippen molar-refractivity contribution >= 4 is 5.91 Å². The number of aromatic nitrogens is 1. The van der Waals surface area contributed by atoms with Crippen molar-refractivity contribution in [1.82, 2.24) is 9.47 Å². The normalized spacial score (nSPS) is 18.4. The predicted molar refractivity (Wildman–Crippen MR) is 94.0 cm³/mol. The van der Waals surface area contributed by atoms with Crippen molar-refractivity contribution in [2.75, 3.05) is 26.5 Å². The van der Waals surface area contributed by atoms with Crippen LogP contribution in [-0.4, -0.2) is 47.0 Å². The van der Waals surface area contributed by atoms with E-state index in [9.17, 15) is 14.7 Å². The summed E-state index contributed by atoms with van der Waals surface area (Å²) < 4.78 is 12.1. The molecule has 2 aromatic rings. The zero-order valence-corrected chi connectivity index (χ0v) is 14.5. The van der Waals surface area contributed by atoms with Gasteiger partial charge in [0.25, 0.3) is 11.5 Å². The standard InChI is InChI=1S/C19H20N2O5/c1-12-4-7-21(14-2-3-15-16(8-14)26-11-25-15)19(24)17(12)18(23)20-6-5-13(9-20)10-22/h2-4,7-8,13,22H,5-6,9-11H2,1H3. The maximum atomic E-state index is 13.0. The van der Waals surface area contributed by atoms with E-state index in [-0.39, 0.29) is 36.3 Å². The number of carbonyl (C=O) groups excluding carboxylic acids is 1. The van der Waals surface area contributed by atoms with E-state index < -0.39 is 0 Å². The Labute approximate surface area is 150 Å². The number of aliphatic hydroxyl groups is 1. The van der Waals surface area contributed by atoms with E-state index >= 15 is 0 Å². The Kier molecular flexibility index (Phi) is 4.16. The molecule has 4 rings (SSSR count). The van der Waals surface area contributed by atoms with Gasteiger partial charge in [0.2, 0.25) is 6.79 Å². The monoisotopic (exact) mass is 356 g/mol. The highest BCUT2D eigenvalue weighted by molar-refractivity contribution is 5.95. The molecule has 1 N–H and O–H groups in total. The Balaban J connectivity index is 1.72. The lowest BCUT2D eigenvalue weighted by Gasteiger charge is -2.18. The molecule has 0 spiro atoms. The molecule has 7 heteroatoms. The molecular weight excluding hydrogens is 336 g/mol. The highest BCUT2D eigenvalue weighted by atomic mass is 16.7. The van der Waals surface area contributed by atoms with Crippen LogP contribution < -0.4 is 15.0 Å². The number of amides is 1. The molecule has 1 amide bonds. The summed E-state index contributed by atoms with van der Waals surface area (Å²) in [7, 11) is 0. The van der Waals surface area contributed by atoms with Crippen LogP contribution in [0.2, 0.25) is 0 Å². The summed E-state index contributed by atoms with van der Waals surface area (Å²) in [4.78, 5) is 27.6. The predicted octanol–water partition coefficient (Wildman–Crippen LogP) is 1.33. The first-order chi connectivity index (χ1) is 12.6. The van der Waals surface area contributed by atoms with Crippen LogP contribution >= 0.6 is 0 Å². The van der Waals surface area contributed by atoms with Gasteiger partial charge in [-0.15, -0.1) is 0 Å². The Hall–Kier alpha value is -2.80. The molecular formula is C19H20N2O5. The Bertz CT molecular complexity index is 921. The minimum Gasteiger partial charge on any atom is -0.454 e. The topological polar surface area (TPSA) is 81.0 Å². The van der Waals surface area contributed by atoms with Gasteiger partial charge in [0, 0.05) is 37.9 Å². The van der Waals surface area contributed by atoms with Crippen molar-refractivity contribution in [3.63, 3.8) is 0 Å². The summed E-state index contributed by atoms with van der Waals surface area (Å²) in [6.07, 6.45) is 2.41. The van der Waals surface area contributed by atoms with Crippen LogP contribution in [0.25, 0.3) is 5.69 Å². The highest BCUT2D eigenvalue weighted by Crippen LogP contribution is 2.33. The van der Waals surface area contributed by atoms with Crippen LogP contribution in [0.5, 0.6) is 11.5 Å². The summed E-state index contributed by atoms with van der Waals surface area (Å²) in [6.45, 7) is 3.01. The van der Waals surface area contributed by atoms with Gasteiger partial charge in [-0.3, -0.25) is 14.2 Å². The molecule has 0 bridgehead atoms. The van der Waals surface area contributed by atoms with E-state index in [1.807, 2.05) is 0 Å². The summed E-state index contributed by atoms with van der Waals surface area (Å²) in [6, 6.07) is 7.00. The number of ether oxygens (including phenoxy) is 2. The molecule has 0 radical (unpaired) electrons. The molecule has 1 saturated heterocycles. The second-order valence-electron chi connectivity index (χ2n) is 6.67. The van der Waals surface area contributed by atoms with Crippen LogP contribution in [0.1, 0.15) is 22.3 Å². The van der Waals surface area contributed by atoms with Gasteiger partial charge in [0.1, 0.15) is 5.56 Å². The molecule has 2 aliphatic rings. The third-order valence-corrected chi connectivity index (χ3v) is 4.98. The van der Waals surface area contributed by atoms with Gasteiger partial charge in [0.15, 0.2) is 11.5 Å². The number of nitrogens with zero attached hydrogens (tertiary/aromatic N) is 2. The molecule has 1 atom stereocenters. The molecule has 1 aromatic carbocycles. The van der Waals surface area contributed by atoms with Crippen LogP contribution in [0.3, 0.4) is 0 Å². The van der Waals surface area contributed by atoms with Crippen molar-refractivity contribution in [2.24, 2.45) is 5.92 Å². The lowest BCUT2D eigenvalue weighted by molar-refractivity contribution is 0.0779. The smallest absolute Gasteiger partial charge is 0.268 e. The van der Waals surface area contributed by atoms with E-state index in [4.69, 9.17) is 9.47 Å². The minimum atomic E-state index is -0.360. The lowest BCUT2D eigenvalue weighted by Crippen LogP contribution is -2.36. The largest absolute Gasteiger partial charge is 0.454 e. The molecule has 7 nitrogen and oxygen atoms in total. The average Bonchev–Trinajstić information content (AvgIpc) is 3.30. The molecule has 26 heavy (non-hydrogen) atoms. The van der Waals surface area contributed by atoms with E-state index in [2.05, 4.69) is 0 Å². The first kappa shape index (κ1) is 16.7. The van der Waals surface area contributed by atoms with Gasteiger partial charge in [0.05, 0.1) is 5.69 Å². The number of aryl methyl sites for hydroxylation is 1. The molecule has 0 aliphatic carbocycles. The molecule has 0 saturated carbocycles. The second kappa shape index (κ2) is 6.49. The number of carbonyl (C=O) groups is 1. The number of rotatable bonds is 3. The fourth-order valence-corrected chi connectivity index (χ4v) is 3.45. The van der Waals surface area contributed by atoms with E-state index in [1.165, 1.54) is 4.57 Å². The number of aliphatic hydroxyl groups excluding tert-OH is 1. The van der Waals surface area contributed by atoms with Gasteiger partial charge in [-0.05, 0) is 37.1 Å². The fraction of sp³-hybridized carbons (Fsp3) is 0.368. The zero-order valence-electron chi connectivity index (χ0n) is 14.5. The third kappa shape index (κ3) is 2.74. The molecule has 3 heterocycles. The van der Waals surface area contributed by atoms with Crippen molar-refractivity contribution in [1.29, 1.82) is 0 Å². The lowest BCUT2D eigenvalue weighted by atomic mass is 10.1. The number of pyridine rings is 1. The molecule has 1 fully saturated rings. The van der Waals surface area contributed by atoms with Crippen molar-refractivity contribution in [3.8, 4) is 17.2 Å².